The fourth-order valence-electron chi connectivity index (χ4n) is 3.57. The third-order valence-electron chi connectivity index (χ3n) is 5.32. The van der Waals surface area contributed by atoms with Crippen molar-refractivity contribution < 1.29 is 23.8 Å². The van der Waals surface area contributed by atoms with Crippen molar-refractivity contribution in [2.45, 2.75) is 32.4 Å². The van der Waals surface area contributed by atoms with Crippen molar-refractivity contribution in [3.05, 3.63) is 48.0 Å². The SMILES string of the molecule is CCCOc1ccc(NC(=O)CC2C(=O)N(C)C(=S)N2Cc2ccc(OC)c(OC)c2)cc1. The molecule has 2 aromatic rings. The zero-order valence-corrected chi connectivity index (χ0v) is 20.1. The Morgan fingerprint density at radius 3 is 2.42 bits per heavy atom. The summed E-state index contributed by atoms with van der Waals surface area (Å²) in [6.07, 6.45) is 0.898. The van der Waals surface area contributed by atoms with Gasteiger partial charge in [0.05, 0.1) is 27.2 Å². The van der Waals surface area contributed by atoms with Gasteiger partial charge in [-0.15, -0.1) is 0 Å². The molecule has 2 amide bonds. The van der Waals surface area contributed by atoms with Crippen molar-refractivity contribution in [3.63, 3.8) is 0 Å². The van der Waals surface area contributed by atoms with Crippen molar-refractivity contribution in [1.82, 2.24) is 9.80 Å². The smallest absolute Gasteiger partial charge is 0.251 e. The molecule has 2 aromatic carbocycles. The number of anilines is 1. The van der Waals surface area contributed by atoms with Crippen molar-refractivity contribution in [2.75, 3.05) is 33.2 Å². The van der Waals surface area contributed by atoms with Crippen LogP contribution >= 0.6 is 12.2 Å². The highest BCUT2D eigenvalue weighted by molar-refractivity contribution is 7.80. The molecule has 0 aliphatic carbocycles. The lowest BCUT2D eigenvalue weighted by atomic mass is 10.1. The molecule has 1 heterocycles. The lowest BCUT2D eigenvalue weighted by Crippen LogP contribution is -2.37. The summed E-state index contributed by atoms with van der Waals surface area (Å²) in [5.41, 5.74) is 1.52. The molecule has 1 atom stereocenters. The summed E-state index contributed by atoms with van der Waals surface area (Å²) in [7, 11) is 4.76. The number of thiocarbonyl (C=S) groups is 1. The highest BCUT2D eigenvalue weighted by atomic mass is 32.1. The molecule has 1 saturated heterocycles. The molecule has 0 aromatic heterocycles. The van der Waals surface area contributed by atoms with Gasteiger partial charge in [-0.2, -0.15) is 0 Å². The number of likely N-dealkylation sites (N-methyl/N-ethyl adjacent to an activating group) is 1. The third-order valence-corrected chi connectivity index (χ3v) is 5.82. The van der Waals surface area contributed by atoms with Crippen LogP contribution in [0, 0.1) is 0 Å². The van der Waals surface area contributed by atoms with Gasteiger partial charge in [-0.25, -0.2) is 0 Å². The summed E-state index contributed by atoms with van der Waals surface area (Å²) in [5, 5.41) is 3.23. The van der Waals surface area contributed by atoms with Crippen LogP contribution in [-0.2, 0) is 16.1 Å². The molecule has 1 aliphatic rings. The molecule has 0 spiro atoms. The van der Waals surface area contributed by atoms with Gasteiger partial charge in [0.2, 0.25) is 5.91 Å². The molecular weight excluding hydrogens is 442 g/mol. The molecule has 0 saturated carbocycles. The summed E-state index contributed by atoms with van der Waals surface area (Å²) in [5.74, 6) is 1.46. The molecule has 1 fully saturated rings. The van der Waals surface area contributed by atoms with Crippen molar-refractivity contribution in [3.8, 4) is 17.2 Å². The fourth-order valence-corrected chi connectivity index (χ4v) is 3.85. The first-order valence-electron chi connectivity index (χ1n) is 10.7. The van der Waals surface area contributed by atoms with Gasteiger partial charge in [0.1, 0.15) is 11.8 Å². The number of methoxy groups -OCH3 is 2. The second kappa shape index (κ2) is 11.0. The van der Waals surface area contributed by atoms with E-state index >= 15 is 0 Å². The van der Waals surface area contributed by atoms with Crippen molar-refractivity contribution >= 4 is 34.8 Å². The maximum Gasteiger partial charge on any atom is 0.251 e. The lowest BCUT2D eigenvalue weighted by molar-refractivity contribution is -0.130. The maximum absolute atomic E-state index is 12.8. The first-order valence-corrected chi connectivity index (χ1v) is 11.1. The quantitative estimate of drug-likeness (QED) is 0.532. The number of benzene rings is 2. The summed E-state index contributed by atoms with van der Waals surface area (Å²) < 4.78 is 16.2. The van der Waals surface area contributed by atoms with Gasteiger partial charge < -0.3 is 24.4 Å². The minimum absolute atomic E-state index is 0.0231. The molecule has 1 N–H and O–H groups in total. The highest BCUT2D eigenvalue weighted by Crippen LogP contribution is 2.30. The Bertz CT molecular complexity index is 1010. The van der Waals surface area contributed by atoms with E-state index in [2.05, 4.69) is 5.32 Å². The number of amides is 2. The Kier molecular flexibility index (Phi) is 8.11. The standard InChI is InChI=1S/C24H29N3O5S/c1-5-12-32-18-9-7-17(8-10-18)25-22(28)14-19-23(29)26(2)24(33)27(19)15-16-6-11-20(30-3)21(13-16)31-4/h6-11,13,19H,5,12,14-15H2,1-4H3,(H,25,28). The van der Waals surface area contributed by atoms with E-state index in [-0.39, 0.29) is 18.2 Å². The van der Waals surface area contributed by atoms with Gasteiger partial charge in [-0.05, 0) is 60.6 Å². The normalized spacial score (nSPS) is 15.6. The first-order chi connectivity index (χ1) is 15.9. The van der Waals surface area contributed by atoms with Crippen molar-refractivity contribution in [2.24, 2.45) is 0 Å². The van der Waals surface area contributed by atoms with Crippen LogP contribution in [0.15, 0.2) is 42.5 Å². The lowest BCUT2D eigenvalue weighted by Gasteiger charge is -2.24. The summed E-state index contributed by atoms with van der Waals surface area (Å²) in [4.78, 5) is 28.7. The maximum atomic E-state index is 12.8. The number of nitrogens with zero attached hydrogens (tertiary/aromatic N) is 2. The molecule has 3 rings (SSSR count). The molecule has 0 bridgehead atoms. The Balaban J connectivity index is 1.70. The van der Waals surface area contributed by atoms with E-state index in [4.69, 9.17) is 26.4 Å². The number of hydrogen-bond acceptors (Lipinski definition) is 6. The Hall–Kier alpha value is -3.33. The van der Waals surface area contributed by atoms with Crippen LogP contribution in [0.4, 0.5) is 5.69 Å². The van der Waals surface area contributed by atoms with E-state index in [0.29, 0.717) is 35.5 Å². The fraction of sp³-hybridized carbons (Fsp3) is 0.375. The van der Waals surface area contributed by atoms with Crippen LogP contribution in [-0.4, -0.2) is 60.6 Å². The minimum atomic E-state index is -0.692. The molecular formula is C24H29N3O5S. The number of hydrogen-bond donors (Lipinski definition) is 1. The zero-order chi connectivity index (χ0) is 24.0. The summed E-state index contributed by atoms with van der Waals surface area (Å²) in [6, 6.07) is 12.0. The third kappa shape index (κ3) is 5.73. The first kappa shape index (κ1) is 24.3. The van der Waals surface area contributed by atoms with Crippen LogP contribution < -0.4 is 19.5 Å². The van der Waals surface area contributed by atoms with Crippen LogP contribution in [0.3, 0.4) is 0 Å². The van der Waals surface area contributed by atoms with E-state index in [1.54, 1.807) is 56.5 Å². The second-order valence-electron chi connectivity index (χ2n) is 7.64. The van der Waals surface area contributed by atoms with E-state index in [9.17, 15) is 9.59 Å². The monoisotopic (exact) mass is 471 g/mol. The Labute approximate surface area is 199 Å². The van der Waals surface area contributed by atoms with Crippen LogP contribution in [0.2, 0.25) is 0 Å². The largest absolute Gasteiger partial charge is 0.494 e. The van der Waals surface area contributed by atoms with Crippen LogP contribution in [0.25, 0.3) is 0 Å². The Morgan fingerprint density at radius 2 is 1.79 bits per heavy atom. The van der Waals surface area contributed by atoms with E-state index < -0.39 is 6.04 Å². The molecule has 33 heavy (non-hydrogen) atoms. The average Bonchev–Trinajstić information content (AvgIpc) is 3.02. The molecule has 0 radical (unpaired) electrons. The Morgan fingerprint density at radius 1 is 1.09 bits per heavy atom. The van der Waals surface area contributed by atoms with Gasteiger partial charge in [0.25, 0.3) is 5.91 Å². The average molecular weight is 472 g/mol. The van der Waals surface area contributed by atoms with Gasteiger partial charge in [-0.3, -0.25) is 14.5 Å². The highest BCUT2D eigenvalue weighted by Gasteiger charge is 2.41. The number of ether oxygens (including phenoxy) is 3. The predicted molar refractivity (Wildman–Crippen MR) is 130 cm³/mol. The van der Waals surface area contributed by atoms with E-state index in [0.717, 1.165) is 17.7 Å². The number of nitrogens with one attached hydrogen (secondary N) is 1. The van der Waals surface area contributed by atoms with Crippen molar-refractivity contribution in [1.29, 1.82) is 0 Å². The molecule has 9 heteroatoms. The van der Waals surface area contributed by atoms with Gasteiger partial charge >= 0.3 is 0 Å². The second-order valence-corrected chi connectivity index (χ2v) is 8.00. The number of rotatable bonds is 10. The van der Waals surface area contributed by atoms with Gasteiger partial charge in [-0.1, -0.05) is 13.0 Å². The van der Waals surface area contributed by atoms with Crippen LogP contribution in [0.1, 0.15) is 25.3 Å². The number of carbonyl (C=O) groups is 2. The number of carbonyl (C=O) groups excluding carboxylic acids is 2. The molecule has 1 aliphatic heterocycles. The topological polar surface area (TPSA) is 80.3 Å². The van der Waals surface area contributed by atoms with Gasteiger partial charge in [0, 0.05) is 19.3 Å². The summed E-state index contributed by atoms with van der Waals surface area (Å²) in [6.45, 7) is 3.03. The zero-order valence-electron chi connectivity index (χ0n) is 19.3. The molecule has 176 valence electrons. The van der Waals surface area contributed by atoms with Crippen LogP contribution in [0.5, 0.6) is 17.2 Å². The molecule has 1 unspecified atom stereocenters. The molecule has 8 nitrogen and oxygen atoms in total. The van der Waals surface area contributed by atoms with E-state index in [1.807, 2.05) is 19.1 Å². The summed E-state index contributed by atoms with van der Waals surface area (Å²) >= 11 is 5.49. The van der Waals surface area contributed by atoms with Gasteiger partial charge in [0.15, 0.2) is 16.6 Å². The minimum Gasteiger partial charge on any atom is -0.494 e. The van der Waals surface area contributed by atoms with E-state index in [1.165, 1.54) is 4.90 Å². The predicted octanol–water partition coefficient (Wildman–Crippen LogP) is 3.45.